The van der Waals surface area contributed by atoms with Gasteiger partial charge in [0.2, 0.25) is 0 Å². The predicted molar refractivity (Wildman–Crippen MR) is 90.7 cm³/mol. The van der Waals surface area contributed by atoms with Gasteiger partial charge in [-0.3, -0.25) is 0 Å². The second-order valence-corrected chi connectivity index (χ2v) is 5.72. The summed E-state index contributed by atoms with van der Waals surface area (Å²) in [6.45, 7) is 4.87. The number of rotatable bonds is 6. The zero-order valence-corrected chi connectivity index (χ0v) is 13.2. The highest BCUT2D eigenvalue weighted by Gasteiger charge is 2.27. The van der Waals surface area contributed by atoms with Crippen molar-refractivity contribution in [3.8, 4) is 0 Å². The monoisotopic (exact) mass is 306 g/mol. The first-order valence-electron chi connectivity index (χ1n) is 7.29. The van der Waals surface area contributed by atoms with Crippen LogP contribution in [0, 0.1) is 0 Å². The van der Waals surface area contributed by atoms with Crippen LogP contribution in [0.25, 0.3) is 20.9 Å². The number of azide groups is 2. The van der Waals surface area contributed by atoms with Crippen molar-refractivity contribution in [3.63, 3.8) is 0 Å². The minimum atomic E-state index is -0.302. The molecule has 0 radical (unpaired) electrons. The molecule has 0 aromatic heterocycles. The SMILES string of the molecule is CC(C)(c1ccccc1CN=[N+]=[N-])c1ccccc1CN=[N+]=[N-]. The van der Waals surface area contributed by atoms with E-state index in [2.05, 4.69) is 33.9 Å². The summed E-state index contributed by atoms with van der Waals surface area (Å²) < 4.78 is 0. The van der Waals surface area contributed by atoms with E-state index in [1.54, 1.807) is 0 Å². The highest BCUT2D eigenvalue weighted by Crippen LogP contribution is 2.36. The van der Waals surface area contributed by atoms with Crippen molar-refractivity contribution < 1.29 is 0 Å². The van der Waals surface area contributed by atoms with Gasteiger partial charge in [-0.15, -0.1) is 0 Å². The van der Waals surface area contributed by atoms with E-state index >= 15 is 0 Å². The zero-order valence-electron chi connectivity index (χ0n) is 13.2. The van der Waals surface area contributed by atoms with Gasteiger partial charge >= 0.3 is 0 Å². The van der Waals surface area contributed by atoms with E-state index < -0.39 is 0 Å². The number of hydrogen-bond acceptors (Lipinski definition) is 2. The molecule has 23 heavy (non-hydrogen) atoms. The minimum Gasteiger partial charge on any atom is -0.0893 e. The lowest BCUT2D eigenvalue weighted by atomic mass is 9.74. The van der Waals surface area contributed by atoms with E-state index in [0.717, 1.165) is 22.3 Å². The van der Waals surface area contributed by atoms with Crippen LogP contribution in [-0.4, -0.2) is 0 Å². The fourth-order valence-electron chi connectivity index (χ4n) is 2.90. The van der Waals surface area contributed by atoms with Gasteiger partial charge < -0.3 is 0 Å². The summed E-state index contributed by atoms with van der Waals surface area (Å²) in [6.07, 6.45) is 0. The molecule has 0 aliphatic rings. The van der Waals surface area contributed by atoms with Crippen LogP contribution in [-0.2, 0) is 18.5 Å². The lowest BCUT2D eigenvalue weighted by molar-refractivity contribution is 0.622. The van der Waals surface area contributed by atoms with E-state index in [4.69, 9.17) is 11.1 Å². The molecule has 0 heterocycles. The predicted octanol–water partition coefficient (Wildman–Crippen LogP) is 5.63. The average Bonchev–Trinajstić information content (AvgIpc) is 2.58. The molecular formula is C17H18N6. The second kappa shape index (κ2) is 7.36. The molecule has 0 spiro atoms. The van der Waals surface area contributed by atoms with Crippen LogP contribution in [0.3, 0.4) is 0 Å². The van der Waals surface area contributed by atoms with Gasteiger partial charge in [0, 0.05) is 15.2 Å². The third-order valence-electron chi connectivity index (χ3n) is 3.99. The van der Waals surface area contributed by atoms with E-state index in [9.17, 15) is 0 Å². The van der Waals surface area contributed by atoms with Gasteiger partial charge in [0.15, 0.2) is 0 Å². The molecule has 0 aliphatic heterocycles. The smallest absolute Gasteiger partial charge is 0.0513 e. The molecule has 0 aliphatic carbocycles. The lowest BCUT2D eigenvalue weighted by Gasteiger charge is -2.30. The van der Waals surface area contributed by atoms with Crippen LogP contribution in [0.4, 0.5) is 0 Å². The average molecular weight is 306 g/mol. The Labute approximate surface area is 135 Å². The van der Waals surface area contributed by atoms with Crippen LogP contribution in [0.1, 0.15) is 36.1 Å². The minimum absolute atomic E-state index is 0.302. The van der Waals surface area contributed by atoms with Crippen molar-refractivity contribution in [2.45, 2.75) is 32.4 Å². The fourth-order valence-corrected chi connectivity index (χ4v) is 2.90. The molecule has 0 unspecified atom stereocenters. The zero-order chi connectivity index (χ0) is 16.7. The van der Waals surface area contributed by atoms with Gasteiger partial charge in [0.1, 0.15) is 0 Å². The number of nitrogens with zero attached hydrogens (tertiary/aromatic N) is 6. The molecule has 116 valence electrons. The third-order valence-corrected chi connectivity index (χ3v) is 3.99. The Kier molecular flexibility index (Phi) is 5.26. The Morgan fingerprint density at radius 2 is 1.17 bits per heavy atom. The standard InChI is InChI=1S/C17H18N6/c1-17(2,15-9-5-3-7-13(15)11-20-22-18)16-10-6-4-8-14(16)12-21-23-19/h3-10H,11-12H2,1-2H3. The van der Waals surface area contributed by atoms with Gasteiger partial charge in [0.05, 0.1) is 13.1 Å². The molecule has 0 N–H and O–H groups in total. The first kappa shape index (κ1) is 16.4. The second-order valence-electron chi connectivity index (χ2n) is 5.72. The van der Waals surface area contributed by atoms with E-state index in [-0.39, 0.29) is 5.41 Å². The van der Waals surface area contributed by atoms with E-state index in [1.165, 1.54) is 0 Å². The van der Waals surface area contributed by atoms with Crippen molar-refractivity contribution in [1.29, 1.82) is 0 Å². The van der Waals surface area contributed by atoms with Gasteiger partial charge in [-0.05, 0) is 33.3 Å². The Morgan fingerprint density at radius 3 is 1.57 bits per heavy atom. The maximum atomic E-state index is 8.59. The Morgan fingerprint density at radius 1 is 0.783 bits per heavy atom. The molecule has 6 heteroatoms. The van der Waals surface area contributed by atoms with Crippen molar-refractivity contribution in [2.24, 2.45) is 10.2 Å². The summed E-state index contributed by atoms with van der Waals surface area (Å²) >= 11 is 0. The van der Waals surface area contributed by atoms with Gasteiger partial charge in [0.25, 0.3) is 0 Å². The molecule has 0 saturated carbocycles. The van der Waals surface area contributed by atoms with Crippen LogP contribution in [0.5, 0.6) is 0 Å². The quantitative estimate of drug-likeness (QED) is 0.375. The van der Waals surface area contributed by atoms with Crippen molar-refractivity contribution in [3.05, 3.63) is 91.7 Å². The number of benzene rings is 2. The topological polar surface area (TPSA) is 97.5 Å². The maximum absolute atomic E-state index is 8.59. The van der Waals surface area contributed by atoms with Crippen LogP contribution < -0.4 is 0 Å². The van der Waals surface area contributed by atoms with Crippen molar-refractivity contribution in [2.75, 3.05) is 0 Å². The van der Waals surface area contributed by atoms with Crippen molar-refractivity contribution >= 4 is 0 Å². The van der Waals surface area contributed by atoms with Crippen LogP contribution in [0.15, 0.2) is 58.8 Å². The Bertz CT molecular complexity index is 718. The first-order valence-corrected chi connectivity index (χ1v) is 7.29. The molecule has 0 amide bonds. The fraction of sp³-hybridized carbons (Fsp3) is 0.294. The van der Waals surface area contributed by atoms with Gasteiger partial charge in [-0.2, -0.15) is 0 Å². The maximum Gasteiger partial charge on any atom is 0.0513 e. The molecule has 0 atom stereocenters. The molecule has 6 nitrogen and oxygen atoms in total. The van der Waals surface area contributed by atoms with Gasteiger partial charge in [-0.1, -0.05) is 72.6 Å². The summed E-state index contributed by atoms with van der Waals surface area (Å²) in [6, 6.07) is 15.9. The molecule has 0 bridgehead atoms. The van der Waals surface area contributed by atoms with E-state index in [0.29, 0.717) is 13.1 Å². The molecular weight excluding hydrogens is 288 g/mol. The summed E-state index contributed by atoms with van der Waals surface area (Å²) in [5, 5.41) is 7.39. The Balaban J connectivity index is 2.54. The van der Waals surface area contributed by atoms with Crippen molar-refractivity contribution in [1.82, 2.24) is 0 Å². The molecule has 0 saturated heterocycles. The van der Waals surface area contributed by atoms with Crippen LogP contribution in [0.2, 0.25) is 0 Å². The number of hydrogen-bond donors (Lipinski definition) is 0. The highest BCUT2D eigenvalue weighted by molar-refractivity contribution is 5.45. The lowest BCUT2D eigenvalue weighted by Crippen LogP contribution is -2.22. The largest absolute Gasteiger partial charge is 0.0893 e. The molecule has 2 aromatic carbocycles. The Hall–Kier alpha value is -2.94. The first-order chi connectivity index (χ1) is 11.1. The third kappa shape index (κ3) is 3.64. The molecule has 2 rings (SSSR count). The van der Waals surface area contributed by atoms with Crippen LogP contribution >= 0.6 is 0 Å². The summed E-state index contributed by atoms with van der Waals surface area (Å²) in [5.41, 5.74) is 21.1. The molecule has 0 fully saturated rings. The molecule has 2 aromatic rings. The van der Waals surface area contributed by atoms with E-state index in [1.807, 2.05) is 48.5 Å². The van der Waals surface area contributed by atoms with Gasteiger partial charge in [-0.25, -0.2) is 0 Å². The normalized spacial score (nSPS) is 10.5. The summed E-state index contributed by atoms with van der Waals surface area (Å²) in [7, 11) is 0. The summed E-state index contributed by atoms with van der Waals surface area (Å²) in [4.78, 5) is 5.71. The highest BCUT2D eigenvalue weighted by atomic mass is 15.1. The summed E-state index contributed by atoms with van der Waals surface area (Å²) in [5.74, 6) is 0.